The Morgan fingerprint density at radius 2 is 1.75 bits per heavy atom. The summed E-state index contributed by atoms with van der Waals surface area (Å²) < 4.78 is 10.3. The molecular weight excluding hydrogens is 362 g/mol. The third kappa shape index (κ3) is 9.75. The van der Waals surface area contributed by atoms with Gasteiger partial charge in [-0.15, -0.1) is 0 Å². The molecule has 0 bridgehead atoms. The molecule has 154 valence electrons. The van der Waals surface area contributed by atoms with Gasteiger partial charge >= 0.3 is 11.9 Å². The van der Waals surface area contributed by atoms with Crippen LogP contribution in [0.25, 0.3) is 0 Å². The van der Waals surface area contributed by atoms with E-state index >= 15 is 0 Å². The molecule has 7 heteroatoms. The smallest absolute Gasteiger partial charge is 0.336 e. The van der Waals surface area contributed by atoms with Gasteiger partial charge in [-0.05, 0) is 24.1 Å². The molecule has 0 saturated heterocycles. The quantitative estimate of drug-likeness (QED) is 0.230. The number of carboxylic acid groups (broad SMARTS) is 1. The van der Waals surface area contributed by atoms with Crippen LogP contribution in [0.4, 0.5) is 0 Å². The van der Waals surface area contributed by atoms with Gasteiger partial charge in [0.25, 0.3) is 0 Å². The van der Waals surface area contributed by atoms with Crippen LogP contribution in [-0.2, 0) is 20.9 Å². The lowest BCUT2D eigenvalue weighted by Gasteiger charge is -2.11. The fraction of sp³-hybridized carbons (Fsp3) is 0.476. The molecule has 0 fully saturated rings. The fourth-order valence-corrected chi connectivity index (χ4v) is 2.54. The summed E-state index contributed by atoms with van der Waals surface area (Å²) in [4.78, 5) is 33.9. The number of rotatable bonds is 13. The van der Waals surface area contributed by atoms with Crippen molar-refractivity contribution < 1.29 is 29.0 Å². The molecule has 7 nitrogen and oxygen atoms in total. The Morgan fingerprint density at radius 1 is 1.04 bits per heavy atom. The Morgan fingerprint density at radius 3 is 2.43 bits per heavy atom. The highest BCUT2D eigenvalue weighted by Crippen LogP contribution is 2.28. The first-order chi connectivity index (χ1) is 13.5. The maximum atomic E-state index is 11.9. The highest BCUT2D eigenvalue weighted by molar-refractivity contribution is 5.91. The van der Waals surface area contributed by atoms with Crippen molar-refractivity contribution in [1.82, 2.24) is 5.32 Å². The summed E-state index contributed by atoms with van der Waals surface area (Å²) in [6, 6.07) is 4.91. The first-order valence-corrected chi connectivity index (χ1v) is 9.52. The zero-order valence-electron chi connectivity index (χ0n) is 16.5. The van der Waals surface area contributed by atoms with Gasteiger partial charge in [0.05, 0.1) is 7.11 Å². The number of benzene rings is 1. The lowest BCUT2D eigenvalue weighted by Crippen LogP contribution is -2.22. The van der Waals surface area contributed by atoms with Gasteiger partial charge in [0, 0.05) is 25.1 Å². The van der Waals surface area contributed by atoms with Crippen LogP contribution in [0, 0.1) is 0 Å². The van der Waals surface area contributed by atoms with Crippen LogP contribution in [0.5, 0.6) is 11.5 Å². The average molecular weight is 391 g/mol. The molecule has 0 spiro atoms. The second-order valence-corrected chi connectivity index (χ2v) is 6.37. The van der Waals surface area contributed by atoms with Crippen molar-refractivity contribution >= 4 is 17.8 Å². The topological polar surface area (TPSA) is 102 Å². The van der Waals surface area contributed by atoms with E-state index < -0.39 is 11.9 Å². The molecule has 0 radical (unpaired) electrons. The summed E-state index contributed by atoms with van der Waals surface area (Å²) in [5, 5.41) is 11.4. The van der Waals surface area contributed by atoms with E-state index in [1.54, 1.807) is 18.2 Å². The minimum absolute atomic E-state index is 0.00349. The van der Waals surface area contributed by atoms with Crippen LogP contribution in [0.15, 0.2) is 30.4 Å². The Bertz CT molecular complexity index is 683. The Balaban J connectivity index is 2.47. The maximum absolute atomic E-state index is 11.9. The van der Waals surface area contributed by atoms with E-state index in [-0.39, 0.29) is 11.7 Å². The van der Waals surface area contributed by atoms with E-state index in [2.05, 4.69) is 12.2 Å². The molecule has 0 atom stereocenters. The number of carbonyl (C=O) groups excluding carboxylic acids is 2. The van der Waals surface area contributed by atoms with E-state index in [0.717, 1.165) is 24.5 Å². The van der Waals surface area contributed by atoms with Gasteiger partial charge in [-0.3, -0.25) is 4.79 Å². The largest absolute Gasteiger partial charge is 0.493 e. The van der Waals surface area contributed by atoms with Crippen LogP contribution in [0.2, 0.25) is 0 Å². The Labute approximate surface area is 165 Å². The van der Waals surface area contributed by atoms with Crippen molar-refractivity contribution in [2.45, 2.75) is 58.4 Å². The lowest BCUT2D eigenvalue weighted by atomic mass is 10.1. The fourth-order valence-electron chi connectivity index (χ4n) is 2.54. The third-order valence-corrected chi connectivity index (χ3v) is 4.05. The molecule has 1 aromatic rings. The molecule has 1 aromatic carbocycles. The molecule has 28 heavy (non-hydrogen) atoms. The molecule has 2 N–H and O–H groups in total. The number of carboxylic acids is 1. The van der Waals surface area contributed by atoms with Crippen LogP contribution >= 0.6 is 0 Å². The van der Waals surface area contributed by atoms with E-state index in [1.807, 2.05) is 0 Å². The van der Waals surface area contributed by atoms with Gasteiger partial charge in [0.2, 0.25) is 5.91 Å². The highest BCUT2D eigenvalue weighted by atomic mass is 16.6. The molecule has 1 rings (SSSR count). The molecule has 0 aromatic heterocycles. The summed E-state index contributed by atoms with van der Waals surface area (Å²) in [5.74, 6) is -1.56. The number of hydrogen-bond acceptors (Lipinski definition) is 5. The Hall–Kier alpha value is -2.83. The summed E-state index contributed by atoms with van der Waals surface area (Å²) in [6.07, 6.45) is 8.82. The standard InChI is InChI=1S/C21H29NO6/c1-3-4-5-6-7-8-9-19(23)22-15-16-10-11-17(18(14-16)27-2)28-21(26)13-12-20(24)25/h10-14H,3-9,15H2,1-2H3,(H,22,23)(H,24,25)/b13-12-. The van der Waals surface area contributed by atoms with Crippen LogP contribution in [-0.4, -0.2) is 30.1 Å². The van der Waals surface area contributed by atoms with E-state index in [9.17, 15) is 14.4 Å². The van der Waals surface area contributed by atoms with Crippen molar-refractivity contribution in [1.29, 1.82) is 0 Å². The molecule has 0 heterocycles. The van der Waals surface area contributed by atoms with Crippen molar-refractivity contribution in [2.75, 3.05) is 7.11 Å². The zero-order valence-corrected chi connectivity index (χ0v) is 16.5. The molecule has 0 unspecified atom stereocenters. The lowest BCUT2D eigenvalue weighted by molar-refractivity contribution is -0.133. The van der Waals surface area contributed by atoms with Gasteiger partial charge in [0.15, 0.2) is 11.5 Å². The number of methoxy groups -OCH3 is 1. The van der Waals surface area contributed by atoms with Crippen molar-refractivity contribution in [3.05, 3.63) is 35.9 Å². The van der Waals surface area contributed by atoms with Gasteiger partial charge in [-0.2, -0.15) is 0 Å². The number of hydrogen-bond donors (Lipinski definition) is 2. The number of unbranched alkanes of at least 4 members (excludes halogenated alkanes) is 5. The number of aliphatic carboxylic acids is 1. The highest BCUT2D eigenvalue weighted by Gasteiger charge is 2.10. The van der Waals surface area contributed by atoms with Crippen LogP contribution < -0.4 is 14.8 Å². The van der Waals surface area contributed by atoms with E-state index in [4.69, 9.17) is 14.6 Å². The van der Waals surface area contributed by atoms with Crippen molar-refractivity contribution in [2.24, 2.45) is 0 Å². The first kappa shape index (κ1) is 23.2. The van der Waals surface area contributed by atoms with Gasteiger partial charge in [0.1, 0.15) is 0 Å². The maximum Gasteiger partial charge on any atom is 0.336 e. The first-order valence-electron chi connectivity index (χ1n) is 9.52. The van der Waals surface area contributed by atoms with E-state index in [1.165, 1.54) is 32.8 Å². The summed E-state index contributed by atoms with van der Waals surface area (Å²) >= 11 is 0. The summed E-state index contributed by atoms with van der Waals surface area (Å²) in [7, 11) is 1.43. The zero-order chi connectivity index (χ0) is 20.8. The van der Waals surface area contributed by atoms with Crippen LogP contribution in [0.1, 0.15) is 57.4 Å². The van der Waals surface area contributed by atoms with Crippen LogP contribution in [0.3, 0.4) is 0 Å². The molecule has 1 amide bonds. The number of esters is 1. The average Bonchev–Trinajstić information content (AvgIpc) is 2.68. The minimum Gasteiger partial charge on any atom is -0.493 e. The molecule has 0 aliphatic carbocycles. The molecular formula is C21H29NO6. The predicted molar refractivity (Wildman–Crippen MR) is 105 cm³/mol. The van der Waals surface area contributed by atoms with Gasteiger partial charge in [-0.25, -0.2) is 9.59 Å². The Kier molecular flexibility index (Phi) is 11.1. The molecule has 0 saturated carbocycles. The van der Waals surface area contributed by atoms with Gasteiger partial charge in [-0.1, -0.05) is 45.1 Å². The normalized spacial score (nSPS) is 10.6. The second-order valence-electron chi connectivity index (χ2n) is 6.37. The third-order valence-electron chi connectivity index (χ3n) is 4.05. The number of carbonyl (C=O) groups is 3. The number of amides is 1. The number of nitrogens with one attached hydrogen (secondary N) is 1. The molecule has 0 aliphatic rings. The van der Waals surface area contributed by atoms with E-state index in [0.29, 0.717) is 24.8 Å². The molecule has 0 aliphatic heterocycles. The van der Waals surface area contributed by atoms with Crippen molar-refractivity contribution in [3.8, 4) is 11.5 Å². The van der Waals surface area contributed by atoms with Gasteiger partial charge < -0.3 is 19.9 Å². The number of ether oxygens (including phenoxy) is 2. The summed E-state index contributed by atoms with van der Waals surface area (Å²) in [6.45, 7) is 2.52. The summed E-state index contributed by atoms with van der Waals surface area (Å²) in [5.41, 5.74) is 0.800. The van der Waals surface area contributed by atoms with Crippen molar-refractivity contribution in [3.63, 3.8) is 0 Å². The monoisotopic (exact) mass is 391 g/mol. The SMILES string of the molecule is CCCCCCCCC(=O)NCc1ccc(OC(=O)/C=C\C(=O)O)c(OC)c1. The predicted octanol–water partition coefficient (Wildman–Crippen LogP) is 3.61. The minimum atomic E-state index is -1.24. The second kappa shape index (κ2) is 13.4.